The fraction of sp³-hybridized carbons (Fsp3) is 0.600. The molecule has 0 amide bonds. The quantitative estimate of drug-likeness (QED) is 0.877. The Bertz CT molecular complexity index is 434. The second kappa shape index (κ2) is 5.88. The molecule has 0 aliphatic carbocycles. The average molecular weight is 266 g/mol. The minimum Gasteiger partial charge on any atom is -0.388 e. The Morgan fingerprint density at radius 2 is 2.26 bits per heavy atom. The number of benzene rings is 1. The normalized spacial score (nSPS) is 23.7. The van der Waals surface area contributed by atoms with Crippen LogP contribution in [0.25, 0.3) is 0 Å². The first-order valence-corrected chi connectivity index (χ1v) is 6.98. The summed E-state index contributed by atoms with van der Waals surface area (Å²) in [5, 5.41) is 13.3. The van der Waals surface area contributed by atoms with Gasteiger partial charge in [0.1, 0.15) is 5.82 Å². The van der Waals surface area contributed by atoms with Gasteiger partial charge in [0.05, 0.1) is 11.3 Å². The molecule has 0 radical (unpaired) electrons. The van der Waals surface area contributed by atoms with Crippen molar-refractivity contribution in [2.75, 3.05) is 24.5 Å². The van der Waals surface area contributed by atoms with E-state index in [2.05, 4.69) is 5.32 Å². The molecule has 4 heteroatoms. The smallest absolute Gasteiger partial charge is 0.146 e. The van der Waals surface area contributed by atoms with Gasteiger partial charge in [-0.05, 0) is 44.0 Å². The van der Waals surface area contributed by atoms with E-state index in [-0.39, 0.29) is 5.82 Å². The summed E-state index contributed by atoms with van der Waals surface area (Å²) in [5.41, 5.74) is 0.833. The minimum atomic E-state index is -0.715. The third kappa shape index (κ3) is 3.67. The van der Waals surface area contributed by atoms with Crippen molar-refractivity contribution >= 4 is 5.69 Å². The molecule has 0 bridgehead atoms. The van der Waals surface area contributed by atoms with Crippen LogP contribution in [0.4, 0.5) is 10.1 Å². The van der Waals surface area contributed by atoms with Crippen LogP contribution in [0.1, 0.15) is 32.3 Å². The van der Waals surface area contributed by atoms with Crippen LogP contribution in [0.3, 0.4) is 0 Å². The van der Waals surface area contributed by atoms with Gasteiger partial charge in [0.25, 0.3) is 0 Å². The van der Waals surface area contributed by atoms with Crippen LogP contribution in [0.2, 0.25) is 0 Å². The number of anilines is 1. The van der Waals surface area contributed by atoms with Gasteiger partial charge in [-0.2, -0.15) is 0 Å². The summed E-state index contributed by atoms with van der Waals surface area (Å²) < 4.78 is 14.2. The molecule has 1 aliphatic rings. The topological polar surface area (TPSA) is 35.5 Å². The van der Waals surface area contributed by atoms with E-state index < -0.39 is 5.60 Å². The van der Waals surface area contributed by atoms with Gasteiger partial charge in [0, 0.05) is 19.6 Å². The Morgan fingerprint density at radius 3 is 2.89 bits per heavy atom. The van der Waals surface area contributed by atoms with Crippen molar-refractivity contribution in [2.24, 2.45) is 0 Å². The van der Waals surface area contributed by atoms with E-state index in [0.29, 0.717) is 18.8 Å². The maximum atomic E-state index is 14.2. The van der Waals surface area contributed by atoms with Crippen molar-refractivity contribution in [3.8, 4) is 0 Å². The molecule has 2 rings (SSSR count). The molecule has 3 nitrogen and oxygen atoms in total. The number of piperidine rings is 1. The van der Waals surface area contributed by atoms with Crippen molar-refractivity contribution in [3.05, 3.63) is 29.6 Å². The average Bonchev–Trinajstić information content (AvgIpc) is 2.35. The Morgan fingerprint density at radius 1 is 1.47 bits per heavy atom. The van der Waals surface area contributed by atoms with Crippen LogP contribution in [-0.2, 0) is 6.54 Å². The summed E-state index contributed by atoms with van der Waals surface area (Å²) in [6.07, 6.45) is 1.68. The number of hydrogen-bond donors (Lipinski definition) is 2. The van der Waals surface area contributed by atoms with Crippen molar-refractivity contribution < 1.29 is 9.50 Å². The molecule has 1 heterocycles. The molecule has 19 heavy (non-hydrogen) atoms. The highest BCUT2D eigenvalue weighted by Crippen LogP contribution is 2.28. The number of nitrogens with one attached hydrogen (secondary N) is 1. The molecule has 1 atom stereocenters. The van der Waals surface area contributed by atoms with Gasteiger partial charge in [-0.25, -0.2) is 4.39 Å². The number of halogens is 1. The van der Waals surface area contributed by atoms with Gasteiger partial charge in [0.2, 0.25) is 0 Å². The van der Waals surface area contributed by atoms with Gasteiger partial charge in [-0.1, -0.05) is 13.0 Å². The highest BCUT2D eigenvalue weighted by atomic mass is 19.1. The Hall–Kier alpha value is -1.13. The molecule has 1 aromatic rings. The number of rotatable bonds is 4. The number of aliphatic hydroxyl groups is 1. The lowest BCUT2D eigenvalue weighted by Crippen LogP contribution is -2.46. The van der Waals surface area contributed by atoms with Crippen molar-refractivity contribution in [2.45, 2.75) is 38.8 Å². The zero-order chi connectivity index (χ0) is 13.9. The summed E-state index contributed by atoms with van der Waals surface area (Å²) in [7, 11) is 0. The first-order valence-electron chi connectivity index (χ1n) is 6.98. The number of hydrogen-bond acceptors (Lipinski definition) is 3. The molecule has 0 saturated carbocycles. The highest BCUT2D eigenvalue weighted by Gasteiger charge is 2.29. The Kier molecular flexibility index (Phi) is 4.42. The Labute approximate surface area is 114 Å². The van der Waals surface area contributed by atoms with Gasteiger partial charge in [0.15, 0.2) is 0 Å². The summed E-state index contributed by atoms with van der Waals surface area (Å²) >= 11 is 0. The second-order valence-corrected chi connectivity index (χ2v) is 5.59. The molecule has 1 aliphatic heterocycles. The van der Waals surface area contributed by atoms with Gasteiger partial charge in [-0.15, -0.1) is 0 Å². The van der Waals surface area contributed by atoms with Crippen molar-refractivity contribution in [1.82, 2.24) is 5.32 Å². The van der Waals surface area contributed by atoms with Crippen LogP contribution >= 0.6 is 0 Å². The lowest BCUT2D eigenvalue weighted by Gasteiger charge is -2.38. The third-order valence-electron chi connectivity index (χ3n) is 3.61. The van der Waals surface area contributed by atoms with E-state index in [1.807, 2.05) is 30.9 Å². The van der Waals surface area contributed by atoms with Crippen LogP contribution in [-0.4, -0.2) is 30.3 Å². The third-order valence-corrected chi connectivity index (χ3v) is 3.61. The van der Waals surface area contributed by atoms with Crippen LogP contribution in [0.15, 0.2) is 18.2 Å². The highest BCUT2D eigenvalue weighted by molar-refractivity contribution is 5.50. The zero-order valence-corrected chi connectivity index (χ0v) is 11.7. The molecular formula is C15H23FN2O. The van der Waals surface area contributed by atoms with E-state index in [4.69, 9.17) is 0 Å². The van der Waals surface area contributed by atoms with Crippen LogP contribution in [0.5, 0.6) is 0 Å². The van der Waals surface area contributed by atoms with Crippen LogP contribution in [0, 0.1) is 5.82 Å². The largest absolute Gasteiger partial charge is 0.388 e. The SMILES string of the molecule is CCNCc1ccc(N2CCCC(C)(O)C2)c(F)c1. The number of β-amino-alcohol motifs (C(OH)–C–C–N with tert-alkyl or cyclic N) is 1. The number of nitrogens with zero attached hydrogens (tertiary/aromatic N) is 1. The zero-order valence-electron chi connectivity index (χ0n) is 11.7. The fourth-order valence-corrected chi connectivity index (χ4v) is 2.61. The summed E-state index contributed by atoms with van der Waals surface area (Å²) in [4.78, 5) is 1.94. The summed E-state index contributed by atoms with van der Waals surface area (Å²) in [6, 6.07) is 5.36. The molecule has 2 N–H and O–H groups in total. The second-order valence-electron chi connectivity index (χ2n) is 5.59. The van der Waals surface area contributed by atoms with E-state index >= 15 is 0 Å². The van der Waals surface area contributed by atoms with Crippen LogP contribution < -0.4 is 10.2 Å². The first kappa shape index (κ1) is 14.3. The van der Waals surface area contributed by atoms with E-state index in [0.717, 1.165) is 31.5 Å². The van der Waals surface area contributed by atoms with Gasteiger partial charge >= 0.3 is 0 Å². The van der Waals surface area contributed by atoms with E-state index in [1.165, 1.54) is 0 Å². The molecular weight excluding hydrogens is 243 g/mol. The summed E-state index contributed by atoms with van der Waals surface area (Å²) in [6.45, 7) is 6.71. The standard InChI is InChI=1S/C15H23FN2O/c1-3-17-10-12-5-6-14(13(16)9-12)18-8-4-7-15(2,19)11-18/h5-6,9,17,19H,3-4,7-8,10-11H2,1-2H3. The molecule has 0 spiro atoms. The Balaban J connectivity index is 2.12. The monoisotopic (exact) mass is 266 g/mol. The van der Waals surface area contributed by atoms with Gasteiger partial charge < -0.3 is 15.3 Å². The maximum Gasteiger partial charge on any atom is 0.146 e. The fourth-order valence-electron chi connectivity index (χ4n) is 2.61. The molecule has 0 aromatic heterocycles. The lowest BCUT2D eigenvalue weighted by atomic mass is 9.94. The molecule has 1 aromatic carbocycles. The van der Waals surface area contributed by atoms with E-state index in [1.54, 1.807) is 6.07 Å². The molecule has 106 valence electrons. The predicted molar refractivity (Wildman–Crippen MR) is 75.9 cm³/mol. The lowest BCUT2D eigenvalue weighted by molar-refractivity contribution is 0.0447. The summed E-state index contributed by atoms with van der Waals surface area (Å²) in [5.74, 6) is -0.201. The van der Waals surface area contributed by atoms with Gasteiger partial charge in [-0.3, -0.25) is 0 Å². The minimum absolute atomic E-state index is 0.201. The first-order chi connectivity index (χ1) is 9.02. The van der Waals surface area contributed by atoms with E-state index in [9.17, 15) is 9.50 Å². The molecule has 1 saturated heterocycles. The van der Waals surface area contributed by atoms with Crippen molar-refractivity contribution in [3.63, 3.8) is 0 Å². The maximum absolute atomic E-state index is 14.2. The predicted octanol–water partition coefficient (Wildman–Crippen LogP) is 2.29. The molecule has 1 unspecified atom stereocenters. The molecule has 1 fully saturated rings. The van der Waals surface area contributed by atoms with Crippen molar-refractivity contribution in [1.29, 1.82) is 0 Å².